The van der Waals surface area contributed by atoms with Gasteiger partial charge < -0.3 is 5.11 Å². The van der Waals surface area contributed by atoms with Gasteiger partial charge in [0.1, 0.15) is 5.78 Å². The quantitative estimate of drug-likeness (QED) is 0.711. The van der Waals surface area contributed by atoms with Crippen LogP contribution in [0, 0.1) is 23.2 Å². The molecule has 2 aliphatic rings. The molecule has 0 spiro atoms. The van der Waals surface area contributed by atoms with Gasteiger partial charge in [0, 0.05) is 17.8 Å². The molecule has 2 rings (SSSR count). The largest absolute Gasteiger partial charge is 0.388 e. The van der Waals surface area contributed by atoms with E-state index < -0.39 is 6.10 Å². The topological polar surface area (TPSA) is 37.3 Å². The summed E-state index contributed by atoms with van der Waals surface area (Å²) < 4.78 is 0. The van der Waals surface area contributed by atoms with Crippen molar-refractivity contribution in [2.45, 2.75) is 52.6 Å². The third-order valence-electron chi connectivity index (χ3n) is 5.12. The number of ketones is 1. The second-order valence-corrected chi connectivity index (χ2v) is 6.42. The van der Waals surface area contributed by atoms with Gasteiger partial charge in [0.15, 0.2) is 0 Å². The van der Waals surface area contributed by atoms with Crippen LogP contribution in [0.25, 0.3) is 0 Å². The minimum Gasteiger partial charge on any atom is -0.388 e. The molecular formula is C15H24O2. The van der Waals surface area contributed by atoms with Crippen molar-refractivity contribution in [3.05, 3.63) is 12.2 Å². The van der Waals surface area contributed by atoms with Crippen molar-refractivity contribution < 1.29 is 9.90 Å². The van der Waals surface area contributed by atoms with Crippen LogP contribution in [0.1, 0.15) is 46.5 Å². The van der Waals surface area contributed by atoms with E-state index in [0.717, 1.165) is 18.4 Å². The van der Waals surface area contributed by atoms with Gasteiger partial charge in [-0.3, -0.25) is 4.79 Å². The van der Waals surface area contributed by atoms with Gasteiger partial charge in [0.05, 0.1) is 6.10 Å². The minimum atomic E-state index is -0.485. The molecule has 0 aliphatic heterocycles. The molecule has 17 heavy (non-hydrogen) atoms. The zero-order valence-corrected chi connectivity index (χ0v) is 11.2. The fraction of sp³-hybridized carbons (Fsp3) is 0.800. The lowest BCUT2D eigenvalue weighted by Gasteiger charge is -2.36. The first-order chi connectivity index (χ1) is 7.88. The van der Waals surface area contributed by atoms with E-state index in [2.05, 4.69) is 27.4 Å². The molecule has 2 fully saturated rings. The third kappa shape index (κ3) is 1.87. The Kier molecular flexibility index (Phi) is 3.19. The van der Waals surface area contributed by atoms with E-state index in [1.54, 1.807) is 0 Å². The first kappa shape index (κ1) is 12.8. The summed E-state index contributed by atoms with van der Waals surface area (Å²) in [6.07, 6.45) is 2.74. The van der Waals surface area contributed by atoms with Crippen LogP contribution in [0.2, 0.25) is 0 Å². The zero-order chi connectivity index (χ0) is 12.8. The molecule has 0 aromatic rings. The zero-order valence-electron chi connectivity index (χ0n) is 11.2. The Morgan fingerprint density at radius 2 is 2.06 bits per heavy atom. The van der Waals surface area contributed by atoms with E-state index >= 15 is 0 Å². The lowest BCUT2D eigenvalue weighted by Crippen LogP contribution is -2.40. The lowest BCUT2D eigenvalue weighted by atomic mass is 9.69. The highest BCUT2D eigenvalue weighted by Gasteiger charge is 2.54. The Hall–Kier alpha value is -0.630. The van der Waals surface area contributed by atoms with Crippen molar-refractivity contribution in [2.24, 2.45) is 23.2 Å². The van der Waals surface area contributed by atoms with Crippen LogP contribution in [-0.4, -0.2) is 17.0 Å². The van der Waals surface area contributed by atoms with Gasteiger partial charge in [-0.05, 0) is 36.7 Å². The number of rotatable bonds is 1. The lowest BCUT2D eigenvalue weighted by molar-refractivity contribution is -0.131. The van der Waals surface area contributed by atoms with Gasteiger partial charge in [-0.25, -0.2) is 0 Å². The Morgan fingerprint density at radius 3 is 2.65 bits per heavy atom. The van der Waals surface area contributed by atoms with Gasteiger partial charge in [-0.1, -0.05) is 27.4 Å². The maximum atomic E-state index is 12.3. The molecule has 2 nitrogen and oxygen atoms in total. The van der Waals surface area contributed by atoms with Crippen molar-refractivity contribution in [2.75, 3.05) is 0 Å². The molecule has 2 heteroatoms. The maximum Gasteiger partial charge on any atom is 0.139 e. The Morgan fingerprint density at radius 1 is 1.41 bits per heavy atom. The second kappa shape index (κ2) is 4.24. The first-order valence-corrected chi connectivity index (χ1v) is 6.77. The van der Waals surface area contributed by atoms with Gasteiger partial charge in [-0.15, -0.1) is 0 Å². The van der Waals surface area contributed by atoms with E-state index in [4.69, 9.17) is 0 Å². The molecule has 0 saturated heterocycles. The average Bonchev–Trinajstić information content (AvgIpc) is 2.60. The van der Waals surface area contributed by atoms with Crippen molar-refractivity contribution in [1.82, 2.24) is 0 Å². The maximum absolute atomic E-state index is 12.3. The first-order valence-electron chi connectivity index (χ1n) is 6.77. The van der Waals surface area contributed by atoms with Gasteiger partial charge in [0.25, 0.3) is 0 Å². The molecular weight excluding hydrogens is 212 g/mol. The fourth-order valence-electron chi connectivity index (χ4n) is 3.90. The number of hydrogen-bond donors (Lipinski definition) is 1. The van der Waals surface area contributed by atoms with E-state index in [1.807, 2.05) is 0 Å². The summed E-state index contributed by atoms with van der Waals surface area (Å²) in [6, 6.07) is 0. The summed E-state index contributed by atoms with van der Waals surface area (Å²) in [4.78, 5) is 12.3. The number of Topliss-reactive ketones (excluding diaryl/α,β-unsaturated/α-hetero) is 1. The molecule has 0 aromatic heterocycles. The number of hydrogen-bond acceptors (Lipinski definition) is 2. The molecule has 96 valence electrons. The highest BCUT2D eigenvalue weighted by Crippen LogP contribution is 2.54. The van der Waals surface area contributed by atoms with Gasteiger partial charge in [-0.2, -0.15) is 0 Å². The molecule has 1 unspecified atom stereocenters. The van der Waals surface area contributed by atoms with Crippen LogP contribution in [0.4, 0.5) is 0 Å². The Labute approximate surface area is 104 Å². The average molecular weight is 236 g/mol. The summed E-state index contributed by atoms with van der Waals surface area (Å²) in [7, 11) is 0. The molecule has 0 bridgehead atoms. The highest BCUT2D eigenvalue weighted by atomic mass is 16.3. The van der Waals surface area contributed by atoms with E-state index in [1.165, 1.54) is 0 Å². The minimum absolute atomic E-state index is 0.0880. The summed E-state index contributed by atoms with van der Waals surface area (Å²) in [6.45, 7) is 10.4. The van der Waals surface area contributed by atoms with Gasteiger partial charge >= 0.3 is 0 Å². The van der Waals surface area contributed by atoms with Crippen LogP contribution in [0.3, 0.4) is 0 Å². The Bertz CT molecular complexity index is 345. The summed E-state index contributed by atoms with van der Waals surface area (Å²) in [5.74, 6) is 1.40. The predicted octanol–water partition coefficient (Wildman–Crippen LogP) is 2.95. The number of fused-ring (bicyclic) bond motifs is 1. The highest BCUT2D eigenvalue weighted by molar-refractivity contribution is 5.86. The van der Waals surface area contributed by atoms with Crippen molar-refractivity contribution in [3.8, 4) is 0 Å². The van der Waals surface area contributed by atoms with Crippen LogP contribution in [-0.2, 0) is 4.79 Å². The number of aliphatic hydroxyl groups excluding tert-OH is 1. The normalized spacial score (nSPS) is 42.8. The number of carbonyl (C=O) groups excluding carboxylic acids is 1. The molecule has 4 atom stereocenters. The molecule has 2 aliphatic carbocycles. The van der Waals surface area contributed by atoms with Crippen molar-refractivity contribution in [3.63, 3.8) is 0 Å². The van der Waals surface area contributed by atoms with Crippen molar-refractivity contribution in [1.29, 1.82) is 0 Å². The number of aliphatic hydroxyl groups is 1. The summed E-state index contributed by atoms with van der Waals surface area (Å²) in [5, 5.41) is 10.5. The molecule has 1 N–H and O–H groups in total. The second-order valence-electron chi connectivity index (χ2n) is 6.42. The van der Waals surface area contributed by atoms with E-state index in [9.17, 15) is 9.90 Å². The predicted molar refractivity (Wildman–Crippen MR) is 68.5 cm³/mol. The van der Waals surface area contributed by atoms with Crippen LogP contribution in [0.5, 0.6) is 0 Å². The fourth-order valence-corrected chi connectivity index (χ4v) is 3.90. The summed E-state index contributed by atoms with van der Waals surface area (Å²) >= 11 is 0. The standard InChI is InChI=1S/C15H24O2/c1-9(2)11-7-8-15(4)12(16)6-5-10(3)14(17)13(11)15/h9,11,13-14,17H,3,5-8H2,1-2,4H3/t11-,13+,14?,15-/m0/s1. The van der Waals surface area contributed by atoms with Crippen LogP contribution >= 0.6 is 0 Å². The van der Waals surface area contributed by atoms with E-state index in [-0.39, 0.29) is 11.3 Å². The molecule has 0 aromatic carbocycles. The van der Waals surface area contributed by atoms with Crippen LogP contribution < -0.4 is 0 Å². The Balaban J connectivity index is 2.40. The summed E-state index contributed by atoms with van der Waals surface area (Å²) in [5.41, 5.74) is 0.549. The smallest absolute Gasteiger partial charge is 0.139 e. The molecule has 0 radical (unpaired) electrons. The third-order valence-corrected chi connectivity index (χ3v) is 5.12. The molecule has 0 heterocycles. The molecule has 2 saturated carbocycles. The van der Waals surface area contributed by atoms with E-state index in [0.29, 0.717) is 30.5 Å². The monoisotopic (exact) mass is 236 g/mol. The SMILES string of the molecule is C=C1CCC(=O)[C@]2(C)CC[C@@H](C(C)C)[C@@H]2C1O. The van der Waals surface area contributed by atoms with Crippen LogP contribution in [0.15, 0.2) is 12.2 Å². The molecule has 0 amide bonds. The van der Waals surface area contributed by atoms with Gasteiger partial charge in [0.2, 0.25) is 0 Å². The number of carbonyl (C=O) groups is 1. The van der Waals surface area contributed by atoms with Crippen molar-refractivity contribution >= 4 is 5.78 Å².